The molecule has 0 aromatic heterocycles. The van der Waals surface area contributed by atoms with Crippen LogP contribution in [0.1, 0.15) is 92.4 Å². The van der Waals surface area contributed by atoms with Gasteiger partial charge in [-0.3, -0.25) is 81.5 Å². The van der Waals surface area contributed by atoms with Crippen LogP contribution in [0.4, 0.5) is 0 Å². The van der Waals surface area contributed by atoms with Crippen molar-refractivity contribution in [2.75, 3.05) is 49.8 Å². The summed E-state index contributed by atoms with van der Waals surface area (Å²) >= 11 is 9.26. The Bertz CT molecular complexity index is 2610. The van der Waals surface area contributed by atoms with Crippen molar-refractivity contribution in [3.63, 3.8) is 0 Å². The van der Waals surface area contributed by atoms with E-state index in [0.29, 0.717) is 6.42 Å². The molecular weight excluding hydrogens is 1280 g/mol. The summed E-state index contributed by atoms with van der Waals surface area (Å²) < 4.78 is 0. The molecule has 0 saturated heterocycles. The normalized spacial score (nSPS) is 14.8. The fourth-order valence-electron chi connectivity index (χ4n) is 7.90. The van der Waals surface area contributed by atoms with Gasteiger partial charge in [0.2, 0.25) is 88.6 Å². The van der Waals surface area contributed by atoms with Crippen molar-refractivity contribution in [2.24, 2.45) is 23.1 Å². The number of rotatable bonds is 46. The van der Waals surface area contributed by atoms with Crippen LogP contribution in [0.5, 0.6) is 0 Å². The zero-order valence-electron chi connectivity index (χ0n) is 51.6. The Morgan fingerprint density at radius 2 is 0.913 bits per heavy atom. The van der Waals surface area contributed by atoms with Gasteiger partial charge >= 0.3 is 11.9 Å². The van der Waals surface area contributed by atoms with E-state index < -0.39 is 218 Å². The summed E-state index contributed by atoms with van der Waals surface area (Å²) in [5.41, 5.74) is 16.3. The molecule has 23 N–H and O–H groups in total. The molecule has 0 unspecified atom stereocenters. The lowest BCUT2D eigenvalue weighted by Crippen LogP contribution is -2.62. The second-order valence-corrected chi connectivity index (χ2v) is 22.8. The number of amides is 15. The number of aliphatic carboxylic acids is 2. The molecule has 37 nitrogen and oxygen atoms in total. The molecule has 0 aromatic carbocycles. The largest absolute Gasteiger partial charge is 0.481 e. The molecular formula is C52H88N16O21S3. The molecule has 0 aromatic rings. The number of primary amides is 2. The maximum absolute atomic E-state index is 13.8. The number of carboxylic acids is 2. The van der Waals surface area contributed by atoms with Gasteiger partial charge in [-0.25, -0.2) is 0 Å². The van der Waals surface area contributed by atoms with E-state index in [0.717, 1.165) is 13.8 Å². The molecule has 92 heavy (non-hydrogen) atoms. The first-order valence-electron chi connectivity index (χ1n) is 28.6. The Hall–Kier alpha value is -8.08. The van der Waals surface area contributed by atoms with E-state index in [1.165, 1.54) is 18.7 Å². The minimum absolute atomic E-state index is 0.0231. The van der Waals surface area contributed by atoms with Gasteiger partial charge in [-0.15, -0.1) is 0 Å². The third kappa shape index (κ3) is 33.8. The van der Waals surface area contributed by atoms with Gasteiger partial charge in [0.05, 0.1) is 38.6 Å². The van der Waals surface area contributed by atoms with E-state index in [1.54, 1.807) is 20.1 Å². The lowest BCUT2D eigenvalue weighted by atomic mass is 10.0. The Labute approximate surface area is 544 Å². The van der Waals surface area contributed by atoms with Gasteiger partial charge in [-0.1, -0.05) is 13.8 Å². The average Bonchev–Trinajstić information content (AvgIpc) is 1.08. The third-order valence-electron chi connectivity index (χ3n) is 12.7. The highest BCUT2D eigenvalue weighted by molar-refractivity contribution is 7.98. The number of aliphatic hydroxyl groups is 2. The summed E-state index contributed by atoms with van der Waals surface area (Å²) in [6.45, 7) is 4.09. The second kappa shape index (κ2) is 44.4. The fourth-order valence-corrected chi connectivity index (χ4v) is 8.89. The lowest BCUT2D eigenvalue weighted by Gasteiger charge is -2.28. The van der Waals surface area contributed by atoms with Gasteiger partial charge < -0.3 is 107 Å². The van der Waals surface area contributed by atoms with Crippen LogP contribution < -0.4 is 86.3 Å². The number of nitrogens with two attached hydrogens (primary N) is 3. The van der Waals surface area contributed by atoms with Crippen LogP contribution in [0.2, 0.25) is 0 Å². The molecule has 15 amide bonds. The number of carbonyl (C=O) groups excluding carboxylic acids is 15. The minimum atomic E-state index is -2.00. The predicted octanol–water partition coefficient (Wildman–Crippen LogP) is -9.55. The highest BCUT2D eigenvalue weighted by Gasteiger charge is 2.37. The van der Waals surface area contributed by atoms with Crippen molar-refractivity contribution in [3.05, 3.63) is 0 Å². The van der Waals surface area contributed by atoms with Crippen molar-refractivity contribution in [2.45, 2.75) is 165 Å². The maximum Gasteiger partial charge on any atom is 0.305 e. The Kier molecular flexibility index (Phi) is 40.5. The highest BCUT2D eigenvalue weighted by Crippen LogP contribution is 2.09. The van der Waals surface area contributed by atoms with Crippen molar-refractivity contribution < 1.29 is 102 Å². The van der Waals surface area contributed by atoms with Crippen molar-refractivity contribution in [3.8, 4) is 0 Å². The second-order valence-electron chi connectivity index (χ2n) is 21.1. The van der Waals surface area contributed by atoms with Crippen LogP contribution in [-0.4, -0.2) is 243 Å². The molecule has 0 heterocycles. The van der Waals surface area contributed by atoms with Gasteiger partial charge in [-0.2, -0.15) is 37.0 Å². The molecule has 0 bridgehead atoms. The van der Waals surface area contributed by atoms with Crippen molar-refractivity contribution in [1.29, 1.82) is 0 Å². The molecule has 12 atom stereocenters. The summed E-state index contributed by atoms with van der Waals surface area (Å²) in [6, 6.07) is -17.4. The van der Waals surface area contributed by atoms with Gasteiger partial charge in [-0.05, 0) is 76.8 Å². The van der Waals surface area contributed by atoms with Crippen LogP contribution in [0.25, 0.3) is 0 Å². The Balaban J connectivity index is 6.20. The number of thiol groups is 2. The van der Waals surface area contributed by atoms with Crippen LogP contribution >= 0.6 is 37.0 Å². The summed E-state index contributed by atoms with van der Waals surface area (Å²) in [5, 5.41) is 69.1. The fraction of sp³-hybridized carbons (Fsp3) is 0.673. The topological polar surface area (TPSA) is 606 Å². The van der Waals surface area contributed by atoms with Gasteiger partial charge in [0.25, 0.3) is 0 Å². The summed E-state index contributed by atoms with van der Waals surface area (Å²) in [7, 11) is 0. The standard InChI is InChI=1S/C52H88N16O21S3/c1-23(2)15-30(42(55)79)64-43(80)24(3)58-50(87)35(22-91)61-38(74)19-57-45(82)32(17-40(77)78)66-46(83)29(12-14-92-6)60-37(73)18-56-44(81)28(10-11-39(75)76)63-49(86)33(20-69)67-52(89)41(25(4)70)68-47(84)27(9-7-8-13-53)62-48(85)31(16-36(54)72)65-51(88)34(21-90)59-26(5)71/h23-25,27-35,41,69-70,90-91H,7-22,53H2,1-6H3,(H2,54,72)(H2,55,79)(H,56,81)(H,57,82)(H,58,87)(H,59,71)(H,60,73)(H,61,74)(H,62,85)(H,63,86)(H,64,80)(H,65,88)(H,66,83)(H,67,89)(H,68,84)(H,75,76)(H,77,78)/t24-,25+,27-,28-,29-,30-,31-,32-,33-,34-,35-,41-/m0/s1. The van der Waals surface area contributed by atoms with Crippen LogP contribution in [0, 0.1) is 5.92 Å². The van der Waals surface area contributed by atoms with E-state index in [1.807, 2.05) is 0 Å². The Morgan fingerprint density at radius 3 is 1.38 bits per heavy atom. The molecule has 0 aliphatic carbocycles. The maximum atomic E-state index is 13.8. The van der Waals surface area contributed by atoms with E-state index in [4.69, 9.17) is 17.2 Å². The zero-order chi connectivity index (χ0) is 70.5. The van der Waals surface area contributed by atoms with Crippen LogP contribution in [0.15, 0.2) is 0 Å². The molecule has 520 valence electrons. The van der Waals surface area contributed by atoms with Crippen LogP contribution in [-0.2, 0) is 81.5 Å². The lowest BCUT2D eigenvalue weighted by molar-refractivity contribution is -0.141. The first-order chi connectivity index (χ1) is 43.0. The number of aliphatic hydroxyl groups excluding tert-OH is 2. The molecule has 0 aliphatic rings. The van der Waals surface area contributed by atoms with E-state index in [9.17, 15) is 102 Å². The smallest absolute Gasteiger partial charge is 0.305 e. The monoisotopic (exact) mass is 1370 g/mol. The highest BCUT2D eigenvalue weighted by atomic mass is 32.2. The third-order valence-corrected chi connectivity index (χ3v) is 14.1. The molecule has 0 saturated carbocycles. The predicted molar refractivity (Wildman–Crippen MR) is 333 cm³/mol. The number of hydrogen-bond donors (Lipinski definition) is 22. The first-order valence-corrected chi connectivity index (χ1v) is 31.3. The molecule has 40 heteroatoms. The number of thioether (sulfide) groups is 1. The number of hydrogen-bond acceptors (Lipinski definition) is 23. The number of carboxylic acid groups (broad SMARTS) is 2. The number of unbranched alkanes of at least 4 members (excludes halogenated alkanes) is 1. The quantitative estimate of drug-likeness (QED) is 0.0199. The Morgan fingerprint density at radius 1 is 0.478 bits per heavy atom. The van der Waals surface area contributed by atoms with E-state index >= 15 is 0 Å². The summed E-state index contributed by atoms with van der Waals surface area (Å²) in [6.07, 6.45) is -3.09. The van der Waals surface area contributed by atoms with Crippen LogP contribution in [0.3, 0.4) is 0 Å². The SMILES string of the molecule is CSCC[C@H](NC(=O)CNC(=O)[C@H](CCC(=O)O)NC(=O)[C@H](CO)NC(=O)[C@@H](NC(=O)[C@H](CCCCN)NC(=O)[C@H](CC(N)=O)NC(=O)[C@H](CS)NC(C)=O)[C@@H](C)O)C(=O)N[C@@H](CC(=O)O)C(=O)NCC(=O)N[C@@H](CS)C(=O)N[C@@H](C)C(=O)N[C@@H](CC(C)C)C(N)=O. The minimum Gasteiger partial charge on any atom is -0.481 e. The van der Waals surface area contributed by atoms with Crippen molar-refractivity contribution in [1.82, 2.24) is 69.1 Å². The van der Waals surface area contributed by atoms with Gasteiger partial charge in [0.15, 0.2) is 0 Å². The van der Waals surface area contributed by atoms with Gasteiger partial charge in [0.1, 0.15) is 66.5 Å². The molecule has 0 fully saturated rings. The summed E-state index contributed by atoms with van der Waals surface area (Å²) in [5.74, 6) is -19.1. The molecule has 0 radical (unpaired) electrons. The molecule has 0 spiro atoms. The average molecular weight is 1370 g/mol. The number of nitrogens with one attached hydrogen (secondary N) is 13. The molecule has 0 rings (SSSR count). The number of carbonyl (C=O) groups is 17. The zero-order valence-corrected chi connectivity index (χ0v) is 54.2. The summed E-state index contributed by atoms with van der Waals surface area (Å²) in [4.78, 5) is 218. The molecule has 0 aliphatic heterocycles. The van der Waals surface area contributed by atoms with Crippen molar-refractivity contribution >= 4 is 138 Å². The van der Waals surface area contributed by atoms with E-state index in [2.05, 4.69) is 94.4 Å². The first kappa shape index (κ1) is 83.9. The van der Waals surface area contributed by atoms with Gasteiger partial charge in [0, 0.05) is 24.9 Å². The van der Waals surface area contributed by atoms with E-state index in [-0.39, 0.29) is 55.4 Å².